The summed E-state index contributed by atoms with van der Waals surface area (Å²) in [6.45, 7) is 6.63. The van der Waals surface area contributed by atoms with Crippen molar-refractivity contribution >= 4 is 18.0 Å². The molecule has 0 fully saturated rings. The summed E-state index contributed by atoms with van der Waals surface area (Å²) in [5.41, 5.74) is 0.849. The van der Waals surface area contributed by atoms with Crippen LogP contribution in [0, 0.1) is 0 Å². The maximum atomic E-state index is 5.70. The number of aromatic nitrogens is 3. The molecule has 6 nitrogen and oxygen atoms in total. The minimum absolute atomic E-state index is 0.234. The highest BCUT2D eigenvalue weighted by Crippen LogP contribution is 2.30. The van der Waals surface area contributed by atoms with E-state index in [1.807, 2.05) is 31.4 Å². The van der Waals surface area contributed by atoms with Crippen molar-refractivity contribution in [1.82, 2.24) is 14.9 Å². The number of hydrogen-bond acceptors (Lipinski definition) is 6. The van der Waals surface area contributed by atoms with Gasteiger partial charge in [0.15, 0.2) is 17.3 Å². The lowest BCUT2D eigenvalue weighted by atomic mass is 10.2. The van der Waals surface area contributed by atoms with Gasteiger partial charge in [-0.1, -0.05) is 31.7 Å². The minimum atomic E-state index is 0.234. The van der Waals surface area contributed by atoms with E-state index < -0.39 is 0 Å². The van der Waals surface area contributed by atoms with Gasteiger partial charge in [-0.15, -0.1) is 10.2 Å². The van der Waals surface area contributed by atoms with Crippen LogP contribution in [0.5, 0.6) is 11.5 Å². The third-order valence-electron chi connectivity index (χ3n) is 3.17. The molecule has 1 aromatic carbocycles. The number of hydrogen-bond donors (Lipinski definition) is 0. The monoisotopic (exact) mass is 334 g/mol. The topological polar surface area (TPSA) is 61.5 Å². The summed E-state index contributed by atoms with van der Waals surface area (Å²) in [7, 11) is 1.63. The van der Waals surface area contributed by atoms with Crippen LogP contribution in [0.3, 0.4) is 0 Å². The molecule has 124 valence electrons. The van der Waals surface area contributed by atoms with Crippen LogP contribution in [0.25, 0.3) is 0 Å². The molecule has 0 saturated heterocycles. The lowest BCUT2D eigenvalue weighted by molar-refractivity contribution is 0.310. The van der Waals surface area contributed by atoms with Gasteiger partial charge >= 0.3 is 0 Å². The van der Waals surface area contributed by atoms with Crippen LogP contribution in [0.1, 0.15) is 38.1 Å². The zero-order valence-electron chi connectivity index (χ0n) is 14.1. The first-order chi connectivity index (χ1) is 11.1. The Morgan fingerprint density at radius 1 is 1.35 bits per heavy atom. The Balaban J connectivity index is 2.43. The Kier molecular flexibility index (Phi) is 6.04. The van der Waals surface area contributed by atoms with E-state index in [4.69, 9.17) is 9.47 Å². The second-order valence-electron chi connectivity index (χ2n) is 5.07. The zero-order valence-corrected chi connectivity index (χ0v) is 14.9. The Morgan fingerprint density at radius 3 is 2.74 bits per heavy atom. The average molecular weight is 334 g/mol. The van der Waals surface area contributed by atoms with Gasteiger partial charge in [0.1, 0.15) is 0 Å². The fourth-order valence-corrected chi connectivity index (χ4v) is 2.52. The Labute approximate surface area is 140 Å². The molecule has 0 aliphatic rings. The molecule has 0 aliphatic carbocycles. The average Bonchev–Trinajstić information content (AvgIpc) is 2.97. The molecule has 0 amide bonds. The summed E-state index contributed by atoms with van der Waals surface area (Å²) in [4.78, 5) is 0. The fraction of sp³-hybridized carbons (Fsp3) is 0.438. The smallest absolute Gasteiger partial charge is 0.211 e. The first kappa shape index (κ1) is 17.3. The number of nitrogens with zero attached hydrogens (tertiary/aromatic N) is 4. The van der Waals surface area contributed by atoms with Gasteiger partial charge in [-0.05, 0) is 25.3 Å². The van der Waals surface area contributed by atoms with Crippen molar-refractivity contribution in [3.8, 4) is 11.5 Å². The summed E-state index contributed by atoms with van der Waals surface area (Å²) in [6, 6.07) is 5.72. The molecule has 2 aromatic rings. The molecule has 0 aliphatic heterocycles. The molecule has 2 rings (SSSR count). The van der Waals surface area contributed by atoms with Crippen molar-refractivity contribution in [3.05, 3.63) is 29.6 Å². The Bertz CT molecular complexity index is 683. The highest BCUT2D eigenvalue weighted by atomic mass is 32.2. The molecule has 0 atom stereocenters. The van der Waals surface area contributed by atoms with Crippen LogP contribution < -0.4 is 9.47 Å². The summed E-state index contributed by atoms with van der Waals surface area (Å²) in [5, 5.41) is 13.7. The summed E-state index contributed by atoms with van der Waals surface area (Å²) < 4.78 is 12.8. The number of ether oxygens (including phenoxy) is 2. The van der Waals surface area contributed by atoms with Crippen molar-refractivity contribution < 1.29 is 9.47 Å². The number of para-hydroxylation sites is 1. The fourth-order valence-electron chi connectivity index (χ4n) is 2.09. The van der Waals surface area contributed by atoms with Crippen LogP contribution >= 0.6 is 11.8 Å². The molecule has 0 N–H and O–H groups in total. The normalized spacial score (nSPS) is 11.4. The zero-order chi connectivity index (χ0) is 16.8. The van der Waals surface area contributed by atoms with E-state index in [1.54, 1.807) is 18.0 Å². The van der Waals surface area contributed by atoms with Gasteiger partial charge in [-0.2, -0.15) is 9.78 Å². The van der Waals surface area contributed by atoms with Crippen molar-refractivity contribution in [3.63, 3.8) is 0 Å². The molecule has 1 aromatic heterocycles. The molecular weight excluding hydrogens is 312 g/mol. The second kappa shape index (κ2) is 8.01. The lowest BCUT2D eigenvalue weighted by Gasteiger charge is -2.11. The van der Waals surface area contributed by atoms with Crippen LogP contribution in [0.4, 0.5) is 0 Å². The third kappa shape index (κ3) is 3.85. The van der Waals surface area contributed by atoms with Gasteiger partial charge in [0.05, 0.1) is 19.9 Å². The van der Waals surface area contributed by atoms with Crippen LogP contribution in [-0.4, -0.2) is 41.1 Å². The maximum absolute atomic E-state index is 5.70. The number of rotatable bonds is 7. The quantitative estimate of drug-likeness (QED) is 0.573. The minimum Gasteiger partial charge on any atom is -0.493 e. The predicted octanol–water partition coefficient (Wildman–Crippen LogP) is 3.41. The van der Waals surface area contributed by atoms with Gasteiger partial charge in [-0.25, -0.2) is 0 Å². The molecule has 7 heteroatoms. The first-order valence-corrected chi connectivity index (χ1v) is 8.68. The number of benzene rings is 1. The van der Waals surface area contributed by atoms with Crippen LogP contribution in [0.15, 0.2) is 28.5 Å². The molecule has 0 saturated carbocycles. The third-order valence-corrected chi connectivity index (χ3v) is 3.79. The standard InChI is InChI=1S/C16H22N4O2S/c1-6-22-14-12(8-7-9-13(14)21-4)10-17-20-15(11(2)3)18-19-16(20)23-5/h7-11H,6H2,1-5H3/b17-10-. The van der Waals surface area contributed by atoms with Crippen LogP contribution in [-0.2, 0) is 0 Å². The Hall–Kier alpha value is -2.02. The summed E-state index contributed by atoms with van der Waals surface area (Å²) >= 11 is 1.51. The molecule has 0 spiro atoms. The molecule has 0 radical (unpaired) electrons. The van der Waals surface area contributed by atoms with Gasteiger partial charge in [0, 0.05) is 11.5 Å². The molecule has 0 bridgehead atoms. The van der Waals surface area contributed by atoms with Crippen molar-refractivity contribution in [2.24, 2.45) is 5.10 Å². The Morgan fingerprint density at radius 2 is 2.13 bits per heavy atom. The highest BCUT2D eigenvalue weighted by molar-refractivity contribution is 7.98. The van der Waals surface area contributed by atoms with Crippen molar-refractivity contribution in [2.75, 3.05) is 20.0 Å². The summed E-state index contributed by atoms with van der Waals surface area (Å²) in [6.07, 6.45) is 3.71. The van der Waals surface area contributed by atoms with E-state index in [-0.39, 0.29) is 5.92 Å². The summed E-state index contributed by atoms with van der Waals surface area (Å²) in [5.74, 6) is 2.43. The van der Waals surface area contributed by atoms with Gasteiger partial charge in [-0.3, -0.25) is 0 Å². The second-order valence-corrected chi connectivity index (χ2v) is 5.84. The van der Waals surface area contributed by atoms with Crippen molar-refractivity contribution in [2.45, 2.75) is 31.8 Å². The molecule has 23 heavy (non-hydrogen) atoms. The molecule has 1 heterocycles. The first-order valence-electron chi connectivity index (χ1n) is 7.45. The van der Waals surface area contributed by atoms with Crippen LogP contribution in [0.2, 0.25) is 0 Å². The SMILES string of the molecule is CCOc1c(/C=N\n2c(SC)nnc2C(C)C)cccc1OC. The van der Waals surface area contributed by atoms with Gasteiger partial charge in [0.25, 0.3) is 0 Å². The molecule has 0 unspecified atom stereocenters. The van der Waals surface area contributed by atoms with Crippen molar-refractivity contribution in [1.29, 1.82) is 0 Å². The maximum Gasteiger partial charge on any atom is 0.211 e. The largest absolute Gasteiger partial charge is 0.493 e. The van der Waals surface area contributed by atoms with E-state index >= 15 is 0 Å². The van der Waals surface area contributed by atoms with E-state index in [1.165, 1.54) is 11.8 Å². The molecular formula is C16H22N4O2S. The van der Waals surface area contributed by atoms with E-state index in [9.17, 15) is 0 Å². The van der Waals surface area contributed by atoms with Gasteiger partial charge < -0.3 is 9.47 Å². The van der Waals surface area contributed by atoms with Gasteiger partial charge in [0.2, 0.25) is 5.16 Å². The van der Waals surface area contributed by atoms with E-state index in [0.29, 0.717) is 18.1 Å². The van der Waals surface area contributed by atoms with E-state index in [2.05, 4.69) is 29.1 Å². The highest BCUT2D eigenvalue weighted by Gasteiger charge is 2.14. The lowest BCUT2D eigenvalue weighted by Crippen LogP contribution is -2.03. The number of thioether (sulfide) groups is 1. The number of methoxy groups -OCH3 is 1. The van der Waals surface area contributed by atoms with E-state index in [0.717, 1.165) is 16.5 Å². The predicted molar refractivity (Wildman–Crippen MR) is 93.0 cm³/mol.